The number of carbonyl (C=O) groups is 1. The summed E-state index contributed by atoms with van der Waals surface area (Å²) in [6.07, 6.45) is 12.2. The van der Waals surface area contributed by atoms with E-state index in [1.54, 1.807) is 6.92 Å². The van der Waals surface area contributed by atoms with Gasteiger partial charge in [-0.05, 0) is 135 Å². The molecule has 0 aromatic rings. The van der Waals surface area contributed by atoms with Gasteiger partial charge in [0, 0.05) is 20.1 Å². The van der Waals surface area contributed by atoms with Crippen molar-refractivity contribution in [2.24, 2.45) is 56.7 Å². The molecular weight excluding hydrogens is 488 g/mol. The second-order valence-corrected chi connectivity index (χ2v) is 15.4. The van der Waals surface area contributed by atoms with E-state index >= 15 is 0 Å². The monoisotopic (exact) mass is 548 g/mol. The fourth-order valence-corrected chi connectivity index (χ4v) is 11.5. The van der Waals surface area contributed by atoms with Gasteiger partial charge in [-0.15, -0.1) is 0 Å². The Bertz CT molecular complexity index is 894. The van der Waals surface area contributed by atoms with E-state index in [4.69, 9.17) is 15.0 Å². The molecule has 0 unspecified atom stereocenters. The predicted octanol–water partition coefficient (Wildman–Crippen LogP) is 7.09. The van der Waals surface area contributed by atoms with Crippen molar-refractivity contribution in [3.63, 3.8) is 0 Å². The van der Waals surface area contributed by atoms with Crippen LogP contribution in [0.15, 0.2) is 12.2 Å². The van der Waals surface area contributed by atoms with Crippen LogP contribution in [0.1, 0.15) is 120 Å². The number of aliphatic carboxylic acids is 1. The first kappa shape index (κ1) is 32.6. The fourth-order valence-electron chi connectivity index (χ4n) is 11.5. The minimum Gasteiger partial charge on any atom is -0.481 e. The van der Waals surface area contributed by atoms with Crippen LogP contribution in [-0.4, -0.2) is 45.7 Å². The SMILES string of the molecule is C=C(C)[C@@H]1CC[C@]2(CO)CC[C@]3(C)[C@H](CC[C@@H]4[C@@]5(C)CC[C@H](O)C(C)(C)[C@@H]5CC[C@]43C)[C@@H]12.CC(=O)O.CCO. The molecule has 0 spiro atoms. The van der Waals surface area contributed by atoms with Crippen LogP contribution in [-0.2, 0) is 4.79 Å². The Morgan fingerprint density at radius 3 is 1.95 bits per heavy atom. The molecule has 4 N–H and O–H groups in total. The van der Waals surface area contributed by atoms with Crippen LogP contribution in [0.25, 0.3) is 0 Å². The molecule has 5 aliphatic carbocycles. The maximum atomic E-state index is 10.9. The van der Waals surface area contributed by atoms with Crippen LogP contribution in [0.2, 0.25) is 0 Å². The van der Waals surface area contributed by atoms with E-state index in [9.17, 15) is 10.2 Å². The Morgan fingerprint density at radius 2 is 1.41 bits per heavy atom. The lowest BCUT2D eigenvalue weighted by molar-refractivity contribution is -0.249. The first-order valence-corrected chi connectivity index (χ1v) is 15.8. The van der Waals surface area contributed by atoms with Crippen LogP contribution < -0.4 is 0 Å². The van der Waals surface area contributed by atoms with Crippen molar-refractivity contribution in [2.45, 2.75) is 126 Å². The van der Waals surface area contributed by atoms with E-state index in [1.165, 1.54) is 63.4 Å². The number of carboxylic acid groups (broad SMARTS) is 1. The molecular formula is C34H60O5. The smallest absolute Gasteiger partial charge is 0.300 e. The molecule has 0 amide bonds. The molecule has 226 valence electrons. The lowest BCUT2D eigenvalue weighted by Crippen LogP contribution is -2.66. The topological polar surface area (TPSA) is 98.0 Å². The minimum absolute atomic E-state index is 0.0290. The Morgan fingerprint density at radius 1 is 0.821 bits per heavy atom. The Kier molecular flexibility index (Phi) is 9.53. The summed E-state index contributed by atoms with van der Waals surface area (Å²) in [5.41, 5.74) is 2.60. The molecule has 5 fully saturated rings. The average molecular weight is 549 g/mol. The maximum absolute atomic E-state index is 10.9. The number of rotatable bonds is 2. The van der Waals surface area contributed by atoms with Gasteiger partial charge in [0.05, 0.1) is 6.10 Å². The molecule has 39 heavy (non-hydrogen) atoms. The van der Waals surface area contributed by atoms with Crippen LogP contribution in [0.5, 0.6) is 0 Å². The highest BCUT2D eigenvalue weighted by molar-refractivity contribution is 5.62. The zero-order valence-corrected chi connectivity index (χ0v) is 26.4. The third kappa shape index (κ3) is 5.05. The van der Waals surface area contributed by atoms with E-state index in [1.807, 2.05) is 0 Å². The predicted molar refractivity (Wildman–Crippen MR) is 158 cm³/mol. The Hall–Kier alpha value is -0.910. The molecule has 0 bridgehead atoms. The number of hydrogen-bond acceptors (Lipinski definition) is 4. The van der Waals surface area contributed by atoms with Gasteiger partial charge in [-0.3, -0.25) is 4.79 Å². The summed E-state index contributed by atoms with van der Waals surface area (Å²) < 4.78 is 0. The van der Waals surface area contributed by atoms with Gasteiger partial charge in [0.25, 0.3) is 5.97 Å². The lowest BCUT2D eigenvalue weighted by Gasteiger charge is -2.73. The third-order valence-electron chi connectivity index (χ3n) is 13.5. The van der Waals surface area contributed by atoms with Crippen LogP contribution >= 0.6 is 0 Å². The van der Waals surface area contributed by atoms with Gasteiger partial charge in [0.1, 0.15) is 0 Å². The summed E-state index contributed by atoms with van der Waals surface area (Å²) in [4.78, 5) is 9.00. The molecule has 0 saturated heterocycles. The molecule has 0 heterocycles. The molecule has 5 heteroatoms. The van der Waals surface area contributed by atoms with E-state index in [0.717, 1.165) is 25.2 Å². The first-order chi connectivity index (χ1) is 18.0. The van der Waals surface area contributed by atoms with Gasteiger partial charge in [0.2, 0.25) is 0 Å². The Balaban J connectivity index is 0.000000542. The lowest BCUT2D eigenvalue weighted by atomic mass is 9.32. The Labute approximate surface area is 238 Å². The van der Waals surface area contributed by atoms with Crippen molar-refractivity contribution in [2.75, 3.05) is 13.2 Å². The second kappa shape index (κ2) is 11.4. The van der Waals surface area contributed by atoms with Gasteiger partial charge in [-0.2, -0.15) is 0 Å². The minimum atomic E-state index is -0.833. The normalized spacial score (nSPS) is 47.5. The van der Waals surface area contributed by atoms with Crippen molar-refractivity contribution < 1.29 is 25.2 Å². The van der Waals surface area contributed by atoms with Crippen molar-refractivity contribution in [3.8, 4) is 0 Å². The maximum Gasteiger partial charge on any atom is 0.300 e. The molecule has 5 aliphatic rings. The van der Waals surface area contributed by atoms with Gasteiger partial charge >= 0.3 is 0 Å². The van der Waals surface area contributed by atoms with Crippen molar-refractivity contribution in [1.29, 1.82) is 0 Å². The van der Waals surface area contributed by atoms with Gasteiger partial charge in [0.15, 0.2) is 0 Å². The van der Waals surface area contributed by atoms with Crippen LogP contribution in [0.3, 0.4) is 0 Å². The summed E-state index contributed by atoms with van der Waals surface area (Å²) in [5.74, 6) is 2.50. The van der Waals surface area contributed by atoms with Crippen molar-refractivity contribution >= 4 is 5.97 Å². The second-order valence-electron chi connectivity index (χ2n) is 15.4. The number of fused-ring (bicyclic) bond motifs is 7. The number of aliphatic hydroxyl groups is 3. The number of hydrogen-bond donors (Lipinski definition) is 4. The summed E-state index contributed by atoms with van der Waals surface area (Å²) in [7, 11) is 0. The van der Waals surface area contributed by atoms with Gasteiger partial charge in [-0.25, -0.2) is 0 Å². The molecule has 0 aliphatic heterocycles. The summed E-state index contributed by atoms with van der Waals surface area (Å²) in [6, 6.07) is 0. The average Bonchev–Trinajstić information content (AvgIpc) is 3.23. The molecule has 0 radical (unpaired) electrons. The summed E-state index contributed by atoms with van der Waals surface area (Å²) in [5, 5.41) is 36.5. The van der Waals surface area contributed by atoms with E-state index < -0.39 is 5.97 Å². The highest BCUT2D eigenvalue weighted by Gasteiger charge is 2.70. The molecule has 5 saturated carbocycles. The standard InChI is InChI=1S/C30H50O2.C2H4O2.C2H6O/c1-19(2)20-10-15-30(18-31)17-16-28(6)21(25(20)30)8-9-23-27(5)13-12-24(32)26(3,4)22(27)11-14-29(23,28)7;1-2(3)4;1-2-3/h20-25,31-32H,1,8-18H2,2-7H3;1H3,(H,3,4);3H,2H2,1H3/t20-,21+,22-,23+,24-,25+,27-,28+,29+,30+;;/m0../s1. The quantitative estimate of drug-likeness (QED) is 0.276. The zero-order chi connectivity index (χ0) is 29.6. The van der Waals surface area contributed by atoms with Crippen molar-refractivity contribution in [1.82, 2.24) is 0 Å². The largest absolute Gasteiger partial charge is 0.481 e. The van der Waals surface area contributed by atoms with Gasteiger partial charge < -0.3 is 20.4 Å². The molecule has 0 aromatic carbocycles. The highest BCUT2D eigenvalue weighted by Crippen LogP contribution is 2.77. The van der Waals surface area contributed by atoms with E-state index in [2.05, 4.69) is 48.1 Å². The zero-order valence-electron chi connectivity index (χ0n) is 26.4. The highest BCUT2D eigenvalue weighted by atomic mass is 16.4. The number of allylic oxidation sites excluding steroid dienone is 1. The third-order valence-corrected chi connectivity index (χ3v) is 13.5. The molecule has 10 atom stereocenters. The summed E-state index contributed by atoms with van der Waals surface area (Å²) >= 11 is 0. The van der Waals surface area contributed by atoms with Gasteiger partial charge in [-0.1, -0.05) is 46.8 Å². The fraction of sp³-hybridized carbons (Fsp3) is 0.912. The molecule has 5 rings (SSSR count). The summed E-state index contributed by atoms with van der Waals surface area (Å²) in [6.45, 7) is 22.7. The van der Waals surface area contributed by atoms with E-state index in [-0.39, 0.29) is 23.5 Å². The number of carboxylic acids is 1. The molecule has 0 aromatic heterocycles. The first-order valence-electron chi connectivity index (χ1n) is 15.8. The van der Waals surface area contributed by atoms with Crippen LogP contribution in [0.4, 0.5) is 0 Å². The van der Waals surface area contributed by atoms with Crippen molar-refractivity contribution in [3.05, 3.63) is 12.2 Å². The van der Waals surface area contributed by atoms with E-state index in [0.29, 0.717) is 40.6 Å². The molecule has 5 nitrogen and oxygen atoms in total. The number of aliphatic hydroxyl groups excluding tert-OH is 3. The van der Waals surface area contributed by atoms with Crippen LogP contribution in [0, 0.1) is 56.7 Å².